The van der Waals surface area contributed by atoms with Gasteiger partial charge in [0.25, 0.3) is 0 Å². The minimum absolute atomic E-state index is 0.0185. The second kappa shape index (κ2) is 4.90. The molecule has 11 heavy (non-hydrogen) atoms. The van der Waals surface area contributed by atoms with E-state index in [1.807, 2.05) is 0 Å². The summed E-state index contributed by atoms with van der Waals surface area (Å²) >= 11 is 3.06. The number of rotatable bonds is 2. The van der Waals surface area contributed by atoms with E-state index in [1.165, 1.54) is 13.2 Å². The molecule has 5 heteroatoms. The summed E-state index contributed by atoms with van der Waals surface area (Å²) in [5, 5.41) is 0. The molecule has 0 aliphatic rings. The van der Waals surface area contributed by atoms with E-state index in [2.05, 4.69) is 25.7 Å². The Morgan fingerprint density at radius 3 is 2.64 bits per heavy atom. The van der Waals surface area contributed by atoms with Gasteiger partial charge in [0.15, 0.2) is 0 Å². The van der Waals surface area contributed by atoms with Crippen LogP contribution in [0.3, 0.4) is 0 Å². The molecule has 0 aromatic carbocycles. The molecule has 0 heterocycles. The fourth-order valence-electron chi connectivity index (χ4n) is 0.370. The van der Waals surface area contributed by atoms with Crippen LogP contribution in [0.2, 0.25) is 0 Å². The molecule has 0 bridgehead atoms. The second-order valence-electron chi connectivity index (χ2n) is 1.64. The van der Waals surface area contributed by atoms with E-state index in [9.17, 15) is 4.79 Å². The van der Waals surface area contributed by atoms with Gasteiger partial charge >= 0.3 is 5.97 Å². The minimum Gasteiger partial charge on any atom is -0.464 e. The predicted octanol–water partition coefficient (Wildman–Crippen LogP) is 0.425. The number of methoxy groups -OCH3 is 1. The lowest BCUT2D eigenvalue weighted by atomic mass is 10.4. The van der Waals surface area contributed by atoms with E-state index in [-0.39, 0.29) is 5.70 Å². The molecule has 0 aliphatic heterocycles. The topological polar surface area (TPSA) is 64.7 Å². The van der Waals surface area contributed by atoms with Crippen molar-refractivity contribution in [2.24, 2.45) is 10.7 Å². The monoisotopic (exact) mass is 220 g/mol. The molecular weight excluding hydrogens is 212 g/mol. The van der Waals surface area contributed by atoms with Crippen LogP contribution in [0.5, 0.6) is 0 Å². The third-order valence-electron chi connectivity index (χ3n) is 0.909. The van der Waals surface area contributed by atoms with Crippen molar-refractivity contribution in [3.8, 4) is 0 Å². The van der Waals surface area contributed by atoms with Crippen LogP contribution >= 0.6 is 15.9 Å². The Kier molecular flexibility index (Phi) is 4.52. The molecule has 0 unspecified atom stereocenters. The van der Waals surface area contributed by atoms with Gasteiger partial charge in [-0.2, -0.15) is 0 Å². The highest BCUT2D eigenvalue weighted by atomic mass is 79.9. The van der Waals surface area contributed by atoms with Gasteiger partial charge in [-0.15, -0.1) is 0 Å². The summed E-state index contributed by atoms with van der Waals surface area (Å²) in [4.78, 5) is 14.4. The van der Waals surface area contributed by atoms with Gasteiger partial charge < -0.3 is 10.5 Å². The molecule has 0 radical (unpaired) electrons. The van der Waals surface area contributed by atoms with Gasteiger partial charge in [0.2, 0.25) is 0 Å². The van der Waals surface area contributed by atoms with Crippen LogP contribution < -0.4 is 5.73 Å². The minimum atomic E-state index is -0.564. The molecule has 0 rings (SSSR count). The molecule has 2 N–H and O–H groups in total. The number of hydrogen-bond acceptors (Lipinski definition) is 4. The molecule has 0 amide bonds. The Hall–Kier alpha value is -0.840. The van der Waals surface area contributed by atoms with Crippen molar-refractivity contribution in [3.63, 3.8) is 0 Å². The van der Waals surface area contributed by atoms with Crippen LogP contribution in [0.1, 0.15) is 0 Å². The smallest absolute Gasteiger partial charge is 0.354 e. The van der Waals surface area contributed by atoms with E-state index >= 15 is 0 Å². The van der Waals surface area contributed by atoms with Crippen molar-refractivity contribution in [1.29, 1.82) is 0 Å². The lowest BCUT2D eigenvalue weighted by Crippen LogP contribution is -2.13. The summed E-state index contributed by atoms with van der Waals surface area (Å²) in [6.45, 7) is 0. The third-order valence-corrected chi connectivity index (χ3v) is 1.49. The van der Waals surface area contributed by atoms with Gasteiger partial charge in [-0.1, -0.05) is 0 Å². The number of carbonyl (C=O) groups excluding carboxylic acids is 1. The number of allylic oxidation sites excluding steroid dienone is 1. The summed E-state index contributed by atoms with van der Waals surface area (Å²) in [6.07, 6.45) is 1.38. The van der Waals surface area contributed by atoms with Gasteiger partial charge in [0.05, 0.1) is 7.11 Å². The van der Waals surface area contributed by atoms with Crippen molar-refractivity contribution in [2.45, 2.75) is 0 Å². The summed E-state index contributed by atoms with van der Waals surface area (Å²) in [5.41, 5.74) is 5.30. The number of nitrogens with two attached hydrogens (primary N) is 1. The molecule has 0 aromatic rings. The third kappa shape index (κ3) is 3.77. The molecule has 0 fully saturated rings. The average Bonchev–Trinajstić information content (AvgIpc) is 2.02. The summed E-state index contributed by atoms with van der Waals surface area (Å²) in [7, 11) is 2.84. The van der Waals surface area contributed by atoms with E-state index < -0.39 is 5.97 Å². The van der Waals surface area contributed by atoms with Gasteiger partial charge in [0.1, 0.15) is 10.3 Å². The van der Waals surface area contributed by atoms with E-state index in [1.54, 1.807) is 7.05 Å². The van der Waals surface area contributed by atoms with E-state index in [0.29, 0.717) is 4.62 Å². The molecule has 0 aliphatic carbocycles. The van der Waals surface area contributed by atoms with Crippen LogP contribution in [0.4, 0.5) is 0 Å². The zero-order valence-electron chi connectivity index (χ0n) is 6.30. The number of ether oxygens (including phenoxy) is 1. The first kappa shape index (κ1) is 10.2. The predicted molar refractivity (Wildman–Crippen MR) is 46.6 cm³/mol. The molecular formula is C6H9BrN2O2. The summed E-state index contributed by atoms with van der Waals surface area (Å²) < 4.78 is 4.85. The standard InChI is InChI=1S/C6H9BrN2O2/c1-9-5(7)3-4(8)6(10)11-2/h3H,8H2,1-2H3/b4-3-,9-5?. The largest absolute Gasteiger partial charge is 0.464 e. The SMILES string of the molecule is CN=C(Br)/C=C(\N)C(=O)OC. The summed E-state index contributed by atoms with van der Waals surface area (Å²) in [6, 6.07) is 0. The van der Waals surface area contributed by atoms with Gasteiger partial charge in [-0.3, -0.25) is 4.99 Å². The first-order valence-electron chi connectivity index (χ1n) is 2.79. The number of esters is 1. The van der Waals surface area contributed by atoms with Crippen molar-refractivity contribution in [3.05, 3.63) is 11.8 Å². The fraction of sp³-hybridized carbons (Fsp3) is 0.333. The normalized spacial score (nSPS) is 13.0. The molecule has 0 saturated heterocycles. The first-order valence-corrected chi connectivity index (χ1v) is 3.59. The van der Waals surface area contributed by atoms with Crippen molar-refractivity contribution < 1.29 is 9.53 Å². The lowest BCUT2D eigenvalue weighted by molar-refractivity contribution is -0.136. The van der Waals surface area contributed by atoms with Crippen LogP contribution in [-0.4, -0.2) is 24.7 Å². The lowest BCUT2D eigenvalue weighted by Gasteiger charge is -1.96. The van der Waals surface area contributed by atoms with Crippen molar-refractivity contribution in [1.82, 2.24) is 0 Å². The fourth-order valence-corrected chi connectivity index (χ4v) is 0.616. The Balaban J connectivity index is 4.34. The van der Waals surface area contributed by atoms with Crippen molar-refractivity contribution >= 4 is 26.5 Å². The van der Waals surface area contributed by atoms with Crippen LogP contribution in [0, 0.1) is 0 Å². The zero-order valence-corrected chi connectivity index (χ0v) is 7.88. The molecule has 4 nitrogen and oxygen atoms in total. The first-order chi connectivity index (χ1) is 5.11. The Morgan fingerprint density at radius 1 is 1.73 bits per heavy atom. The average molecular weight is 221 g/mol. The van der Waals surface area contributed by atoms with Gasteiger partial charge in [-0.25, -0.2) is 4.79 Å². The number of nitrogens with zero attached hydrogens (tertiary/aromatic N) is 1. The number of halogens is 1. The van der Waals surface area contributed by atoms with Crippen molar-refractivity contribution in [2.75, 3.05) is 14.2 Å². The van der Waals surface area contributed by atoms with Crippen LogP contribution in [-0.2, 0) is 9.53 Å². The van der Waals surface area contributed by atoms with E-state index in [4.69, 9.17) is 5.73 Å². The number of aliphatic imine (C=N–C) groups is 1. The Morgan fingerprint density at radius 2 is 2.27 bits per heavy atom. The number of carbonyl (C=O) groups is 1. The molecule has 62 valence electrons. The van der Waals surface area contributed by atoms with Gasteiger partial charge in [0, 0.05) is 13.1 Å². The second-order valence-corrected chi connectivity index (χ2v) is 2.45. The Bertz CT molecular complexity index is 211. The highest BCUT2D eigenvalue weighted by molar-refractivity contribution is 9.18. The molecule has 0 aromatic heterocycles. The Labute approximate surface area is 73.3 Å². The number of hydrogen-bond donors (Lipinski definition) is 1. The van der Waals surface area contributed by atoms with Crippen LogP contribution in [0.25, 0.3) is 0 Å². The zero-order chi connectivity index (χ0) is 8.85. The van der Waals surface area contributed by atoms with E-state index in [0.717, 1.165) is 0 Å². The molecule has 0 spiro atoms. The van der Waals surface area contributed by atoms with Crippen LogP contribution in [0.15, 0.2) is 16.8 Å². The highest BCUT2D eigenvalue weighted by Crippen LogP contribution is 1.95. The maximum atomic E-state index is 10.7. The van der Waals surface area contributed by atoms with Gasteiger partial charge in [-0.05, 0) is 15.9 Å². The maximum absolute atomic E-state index is 10.7. The maximum Gasteiger partial charge on any atom is 0.354 e. The molecule has 0 saturated carbocycles. The molecule has 0 atom stereocenters. The summed E-state index contributed by atoms with van der Waals surface area (Å²) in [5.74, 6) is -0.564. The quantitative estimate of drug-likeness (QED) is 0.417. The highest BCUT2D eigenvalue weighted by Gasteiger charge is 2.03.